The number of terminal acetylenes is 1. The van der Waals surface area contributed by atoms with Crippen LogP contribution in [0.2, 0.25) is 0 Å². The predicted octanol–water partition coefficient (Wildman–Crippen LogP) is 5.50. The van der Waals surface area contributed by atoms with Gasteiger partial charge in [-0.15, -0.1) is 21.1 Å². The van der Waals surface area contributed by atoms with Crippen molar-refractivity contribution in [3.05, 3.63) is 67.0 Å². The number of aromatic nitrogens is 4. The van der Waals surface area contributed by atoms with E-state index in [9.17, 15) is 13.6 Å². The van der Waals surface area contributed by atoms with Crippen molar-refractivity contribution in [2.24, 2.45) is 0 Å². The van der Waals surface area contributed by atoms with Crippen LogP contribution in [0.15, 0.2) is 61.4 Å². The second-order valence-corrected chi connectivity index (χ2v) is 7.89. The van der Waals surface area contributed by atoms with E-state index in [2.05, 4.69) is 30.9 Å². The van der Waals surface area contributed by atoms with E-state index >= 15 is 0 Å². The van der Waals surface area contributed by atoms with E-state index < -0.39 is 11.5 Å². The van der Waals surface area contributed by atoms with Crippen LogP contribution >= 0.6 is 11.6 Å². The second-order valence-electron chi connectivity index (χ2n) is 7.45. The fraction of sp³-hybridized carbons (Fsp3) is 0.167. The van der Waals surface area contributed by atoms with Gasteiger partial charge in [0.2, 0.25) is 0 Å². The van der Waals surface area contributed by atoms with Gasteiger partial charge >= 0.3 is 5.57 Å². The molecule has 0 saturated carbocycles. The number of carbonyl (C=O) groups excluding carboxylic acids is 1. The molecule has 0 aliphatic rings. The number of ether oxygens (including phenoxy) is 1. The summed E-state index contributed by atoms with van der Waals surface area (Å²) in [5.74, 6) is 2.10. The van der Waals surface area contributed by atoms with E-state index in [1.807, 2.05) is 11.5 Å². The van der Waals surface area contributed by atoms with E-state index in [1.165, 1.54) is 30.6 Å². The highest BCUT2D eigenvalue weighted by Gasteiger charge is 2.27. The fourth-order valence-corrected chi connectivity index (χ4v) is 3.60. The topological polar surface area (TPSA) is 81.9 Å². The first kappa shape index (κ1) is 23.1. The maximum atomic E-state index is 13.0. The van der Waals surface area contributed by atoms with E-state index in [0.29, 0.717) is 28.8 Å². The highest BCUT2D eigenvalue weighted by molar-refractivity contribution is 6.20. The fourth-order valence-electron chi connectivity index (χ4n) is 3.51. The van der Waals surface area contributed by atoms with Gasteiger partial charge in [-0.25, -0.2) is 15.0 Å². The molecule has 0 bridgehead atoms. The molecule has 2 aromatic carbocycles. The number of fused-ring (bicyclic) bond motifs is 1. The number of nitrogens with one attached hydrogen (secondary N) is 1. The zero-order valence-corrected chi connectivity index (χ0v) is 18.6. The Bertz CT molecular complexity index is 1360. The number of rotatable bonds is 7. The summed E-state index contributed by atoms with van der Waals surface area (Å²) in [4.78, 5) is 25.7. The number of anilines is 1. The van der Waals surface area contributed by atoms with Crippen molar-refractivity contribution in [1.82, 2.24) is 19.5 Å². The van der Waals surface area contributed by atoms with Crippen molar-refractivity contribution in [3.63, 3.8) is 0 Å². The van der Waals surface area contributed by atoms with Crippen LogP contribution in [-0.4, -0.2) is 31.0 Å². The zero-order chi connectivity index (χ0) is 24.3. The van der Waals surface area contributed by atoms with Crippen LogP contribution in [-0.2, 0) is 0 Å². The molecule has 4 aromatic rings. The Balaban J connectivity index is 1.69. The molecular formula is C24H18ClF2N5O2. The number of imidazole rings is 1. The van der Waals surface area contributed by atoms with Crippen molar-refractivity contribution in [2.75, 3.05) is 5.32 Å². The van der Waals surface area contributed by atoms with E-state index in [1.54, 1.807) is 30.9 Å². The molecular weight excluding hydrogens is 464 g/mol. The largest absolute Gasteiger partial charge is 0.487 e. The van der Waals surface area contributed by atoms with Crippen LogP contribution in [0, 0.1) is 12.3 Å². The third kappa shape index (κ3) is 5.13. The first-order chi connectivity index (χ1) is 16.2. The Labute approximate surface area is 198 Å². The number of amides is 1. The lowest BCUT2D eigenvalue weighted by atomic mass is 10.0. The molecule has 0 unspecified atom stereocenters. The number of nitrogens with zero attached hydrogens (tertiary/aromatic N) is 4. The number of halogens is 3. The number of alkyl halides is 3. The summed E-state index contributed by atoms with van der Waals surface area (Å²) in [5, 5.41) is 2.73. The molecule has 0 radical (unpaired) electrons. The maximum absolute atomic E-state index is 13.0. The normalized spacial score (nSPS) is 12.2. The summed E-state index contributed by atoms with van der Waals surface area (Å²) < 4.78 is 31.8. The van der Waals surface area contributed by atoms with Gasteiger partial charge in [0, 0.05) is 58.8 Å². The average Bonchev–Trinajstić information content (AvgIpc) is 3.24. The molecule has 0 saturated heterocycles. The van der Waals surface area contributed by atoms with E-state index in [0.717, 1.165) is 11.1 Å². The summed E-state index contributed by atoms with van der Waals surface area (Å²) >= 11 is 4.77. The lowest BCUT2D eigenvalue weighted by Crippen LogP contribution is -2.16. The quantitative estimate of drug-likeness (QED) is 0.278. The van der Waals surface area contributed by atoms with Crippen molar-refractivity contribution >= 4 is 34.2 Å². The van der Waals surface area contributed by atoms with Gasteiger partial charge in [0.1, 0.15) is 12.1 Å². The van der Waals surface area contributed by atoms with E-state index in [4.69, 9.17) is 18.0 Å². The van der Waals surface area contributed by atoms with Crippen molar-refractivity contribution < 1.29 is 18.3 Å². The summed E-state index contributed by atoms with van der Waals surface area (Å²) in [6.07, 6.45) is 12.4. The molecule has 0 spiro atoms. The van der Waals surface area contributed by atoms with Crippen LogP contribution in [0.4, 0.5) is 14.5 Å². The van der Waals surface area contributed by atoms with Crippen LogP contribution in [0.5, 0.6) is 5.75 Å². The van der Waals surface area contributed by atoms with E-state index in [-0.39, 0.29) is 11.8 Å². The standard InChI is InChI=1S/C24H18ClF2N5O2/c1-3-4-15(2)32-14-30-21-10-16(9-20(22(21)32)17-11-28-13-29-12-17)23(33)31-18-5-7-19(8-6-18)34-24(25,26)27/h1,5-15H,4H2,2H3,(H,31,33)/t15-/m1/s1. The molecule has 7 nitrogen and oxygen atoms in total. The average molecular weight is 482 g/mol. The van der Waals surface area contributed by atoms with Crippen molar-refractivity contribution in [3.8, 4) is 29.2 Å². The Morgan fingerprint density at radius 3 is 2.62 bits per heavy atom. The molecule has 2 heterocycles. The summed E-state index contributed by atoms with van der Waals surface area (Å²) in [5.41, 5.74) is -0.264. The molecule has 172 valence electrons. The Kier molecular flexibility index (Phi) is 6.43. The first-order valence-corrected chi connectivity index (χ1v) is 10.5. The molecule has 34 heavy (non-hydrogen) atoms. The van der Waals surface area contributed by atoms with Crippen LogP contribution < -0.4 is 10.1 Å². The molecule has 4 rings (SSSR count). The van der Waals surface area contributed by atoms with Crippen LogP contribution in [0.3, 0.4) is 0 Å². The molecule has 2 aromatic heterocycles. The van der Waals surface area contributed by atoms with Gasteiger partial charge < -0.3 is 14.6 Å². The van der Waals surface area contributed by atoms with Gasteiger partial charge in [-0.3, -0.25) is 4.79 Å². The summed E-state index contributed by atoms with van der Waals surface area (Å²) in [7, 11) is 0. The Morgan fingerprint density at radius 2 is 1.97 bits per heavy atom. The predicted molar refractivity (Wildman–Crippen MR) is 125 cm³/mol. The monoisotopic (exact) mass is 481 g/mol. The minimum Gasteiger partial charge on any atom is -0.420 e. The molecule has 1 N–H and O–H groups in total. The van der Waals surface area contributed by atoms with Gasteiger partial charge in [0.25, 0.3) is 5.91 Å². The first-order valence-electron chi connectivity index (χ1n) is 10.1. The van der Waals surface area contributed by atoms with Gasteiger partial charge in [-0.05, 0) is 43.3 Å². The molecule has 1 amide bonds. The highest BCUT2D eigenvalue weighted by Crippen LogP contribution is 2.32. The summed E-state index contributed by atoms with van der Waals surface area (Å²) in [6.45, 7) is 1.99. The minimum absolute atomic E-state index is 0.0147. The number of hydrogen-bond acceptors (Lipinski definition) is 5. The van der Waals surface area contributed by atoms with Crippen LogP contribution in [0.25, 0.3) is 22.2 Å². The molecule has 10 heteroatoms. The Morgan fingerprint density at radius 1 is 1.26 bits per heavy atom. The maximum Gasteiger partial charge on any atom is 0.487 e. The van der Waals surface area contributed by atoms with Gasteiger partial charge in [-0.1, -0.05) is 0 Å². The van der Waals surface area contributed by atoms with Gasteiger partial charge in [0.05, 0.1) is 17.4 Å². The smallest absolute Gasteiger partial charge is 0.420 e. The number of hydrogen-bond donors (Lipinski definition) is 1. The molecule has 0 aliphatic carbocycles. The minimum atomic E-state index is -3.82. The summed E-state index contributed by atoms with van der Waals surface area (Å²) in [6, 6.07) is 8.78. The van der Waals surface area contributed by atoms with Gasteiger partial charge in [-0.2, -0.15) is 0 Å². The Hall–Kier alpha value is -4.03. The number of benzene rings is 2. The van der Waals surface area contributed by atoms with Crippen molar-refractivity contribution in [2.45, 2.75) is 25.0 Å². The van der Waals surface area contributed by atoms with Gasteiger partial charge in [0.15, 0.2) is 0 Å². The SMILES string of the molecule is C#CC[C@@H](C)n1cnc2cc(C(=O)Nc3ccc(OC(F)(F)Cl)cc3)cc(-c3cncnc3)c21. The highest BCUT2D eigenvalue weighted by atomic mass is 35.5. The number of carbonyl (C=O) groups is 1. The lowest BCUT2D eigenvalue weighted by molar-refractivity contribution is -0.0964. The molecule has 0 fully saturated rings. The van der Waals surface area contributed by atoms with Crippen molar-refractivity contribution in [1.29, 1.82) is 0 Å². The third-order valence-corrected chi connectivity index (χ3v) is 5.11. The third-order valence-electron chi connectivity index (χ3n) is 5.04. The lowest BCUT2D eigenvalue weighted by Gasteiger charge is -2.15. The second kappa shape index (κ2) is 9.45. The van der Waals surface area contributed by atoms with Crippen LogP contribution in [0.1, 0.15) is 29.7 Å². The zero-order valence-electron chi connectivity index (χ0n) is 17.9. The molecule has 0 aliphatic heterocycles. The molecule has 1 atom stereocenters.